The predicted molar refractivity (Wildman–Crippen MR) is 74.2 cm³/mol. The van der Waals surface area contributed by atoms with Gasteiger partial charge < -0.3 is 5.32 Å². The van der Waals surface area contributed by atoms with Crippen LogP contribution in [0.5, 0.6) is 0 Å². The van der Waals surface area contributed by atoms with Crippen molar-refractivity contribution in [2.45, 2.75) is 26.8 Å². The molecule has 18 heavy (non-hydrogen) atoms. The van der Waals surface area contributed by atoms with Crippen LogP contribution in [0.25, 0.3) is 11.1 Å². The fourth-order valence-electron chi connectivity index (χ4n) is 1.95. The lowest BCUT2D eigenvalue weighted by atomic mass is 9.99. The highest BCUT2D eigenvalue weighted by Crippen LogP contribution is 2.23. The first-order valence-electron chi connectivity index (χ1n) is 6.37. The van der Waals surface area contributed by atoms with Gasteiger partial charge in [-0.2, -0.15) is 0 Å². The maximum absolute atomic E-state index is 4.10. The maximum atomic E-state index is 4.10. The molecule has 0 spiro atoms. The van der Waals surface area contributed by atoms with Crippen LogP contribution in [-0.4, -0.2) is 16.5 Å². The van der Waals surface area contributed by atoms with Crippen molar-refractivity contribution in [3.8, 4) is 11.1 Å². The third-order valence-electron chi connectivity index (χ3n) is 2.88. The largest absolute Gasteiger partial charge is 0.313 e. The number of hydrogen-bond acceptors (Lipinski definition) is 3. The summed E-state index contributed by atoms with van der Waals surface area (Å²) in [5, 5.41) is 3.44. The lowest BCUT2D eigenvalue weighted by molar-refractivity contribution is 0.676. The molecule has 0 radical (unpaired) electrons. The third-order valence-corrected chi connectivity index (χ3v) is 2.88. The molecule has 1 aromatic heterocycles. The lowest BCUT2D eigenvalue weighted by Crippen LogP contribution is -2.14. The molecule has 0 amide bonds. The Morgan fingerprint density at radius 2 is 1.94 bits per heavy atom. The molecule has 0 saturated carbocycles. The fraction of sp³-hybridized carbons (Fsp3) is 0.333. The Kier molecular flexibility index (Phi) is 4.42. The fourth-order valence-corrected chi connectivity index (χ4v) is 1.95. The molecule has 1 N–H and O–H groups in total. The van der Waals surface area contributed by atoms with Crippen LogP contribution in [0.3, 0.4) is 0 Å². The van der Waals surface area contributed by atoms with Crippen molar-refractivity contribution in [2.75, 3.05) is 6.54 Å². The number of benzene rings is 1. The van der Waals surface area contributed by atoms with Gasteiger partial charge in [0, 0.05) is 24.5 Å². The summed E-state index contributed by atoms with van der Waals surface area (Å²) >= 11 is 0. The van der Waals surface area contributed by atoms with E-state index in [1.165, 1.54) is 16.7 Å². The van der Waals surface area contributed by atoms with Crippen molar-refractivity contribution in [3.05, 3.63) is 48.0 Å². The number of aromatic nitrogens is 2. The maximum Gasteiger partial charge on any atom is 0.115 e. The van der Waals surface area contributed by atoms with Gasteiger partial charge in [0.05, 0.1) is 0 Å². The standard InChI is InChI=1S/C15H19N3/c1-3-6-16-8-13-5-4-12(2)7-15(13)14-9-17-11-18-10-14/h4-5,7,9-11,16H,3,6,8H2,1-2H3. The Hall–Kier alpha value is -1.74. The molecule has 2 rings (SSSR count). The van der Waals surface area contributed by atoms with Crippen molar-refractivity contribution in [2.24, 2.45) is 0 Å². The highest BCUT2D eigenvalue weighted by atomic mass is 14.8. The van der Waals surface area contributed by atoms with Gasteiger partial charge in [0.1, 0.15) is 6.33 Å². The summed E-state index contributed by atoms with van der Waals surface area (Å²) in [7, 11) is 0. The van der Waals surface area contributed by atoms with E-state index in [0.29, 0.717) is 0 Å². The molecule has 0 aliphatic heterocycles. The van der Waals surface area contributed by atoms with E-state index in [0.717, 1.165) is 25.1 Å². The number of rotatable bonds is 5. The van der Waals surface area contributed by atoms with E-state index in [1.807, 2.05) is 12.4 Å². The van der Waals surface area contributed by atoms with Crippen molar-refractivity contribution >= 4 is 0 Å². The summed E-state index contributed by atoms with van der Waals surface area (Å²) in [5.74, 6) is 0. The van der Waals surface area contributed by atoms with Gasteiger partial charge in [-0.3, -0.25) is 0 Å². The van der Waals surface area contributed by atoms with Gasteiger partial charge in [-0.15, -0.1) is 0 Å². The first-order chi connectivity index (χ1) is 8.81. The van der Waals surface area contributed by atoms with Crippen molar-refractivity contribution in [1.29, 1.82) is 0 Å². The average molecular weight is 241 g/mol. The quantitative estimate of drug-likeness (QED) is 0.818. The molecule has 3 heteroatoms. The average Bonchev–Trinajstić information content (AvgIpc) is 2.41. The normalized spacial score (nSPS) is 10.6. The van der Waals surface area contributed by atoms with Gasteiger partial charge in [0.2, 0.25) is 0 Å². The molecular weight excluding hydrogens is 222 g/mol. The summed E-state index contributed by atoms with van der Waals surface area (Å²) in [5.41, 5.74) is 4.85. The molecule has 1 aromatic carbocycles. The van der Waals surface area contributed by atoms with Crippen LogP contribution in [0.15, 0.2) is 36.9 Å². The summed E-state index contributed by atoms with van der Waals surface area (Å²) in [6.07, 6.45) is 6.44. The van der Waals surface area contributed by atoms with Crippen molar-refractivity contribution in [3.63, 3.8) is 0 Å². The van der Waals surface area contributed by atoms with Crippen LogP contribution in [-0.2, 0) is 6.54 Å². The van der Waals surface area contributed by atoms with E-state index < -0.39 is 0 Å². The summed E-state index contributed by atoms with van der Waals surface area (Å²) in [4.78, 5) is 8.19. The Labute approximate surface area is 108 Å². The van der Waals surface area contributed by atoms with Crippen LogP contribution in [0, 0.1) is 6.92 Å². The number of nitrogens with zero attached hydrogens (tertiary/aromatic N) is 2. The second kappa shape index (κ2) is 6.26. The summed E-state index contributed by atoms with van der Waals surface area (Å²) < 4.78 is 0. The van der Waals surface area contributed by atoms with Crippen molar-refractivity contribution in [1.82, 2.24) is 15.3 Å². The third kappa shape index (κ3) is 3.14. The van der Waals surface area contributed by atoms with E-state index in [-0.39, 0.29) is 0 Å². The zero-order valence-corrected chi connectivity index (χ0v) is 11.0. The molecule has 0 atom stereocenters. The molecular formula is C15H19N3. The van der Waals surface area contributed by atoms with Gasteiger partial charge in [0.25, 0.3) is 0 Å². The van der Waals surface area contributed by atoms with Gasteiger partial charge >= 0.3 is 0 Å². The number of aryl methyl sites for hydroxylation is 1. The van der Waals surface area contributed by atoms with Crippen LogP contribution < -0.4 is 5.32 Å². The second-order valence-corrected chi connectivity index (χ2v) is 4.46. The molecule has 0 saturated heterocycles. The predicted octanol–water partition coefficient (Wildman–Crippen LogP) is 2.95. The van der Waals surface area contributed by atoms with E-state index in [1.54, 1.807) is 6.33 Å². The van der Waals surface area contributed by atoms with E-state index >= 15 is 0 Å². The Balaban J connectivity index is 2.29. The SMILES string of the molecule is CCCNCc1ccc(C)cc1-c1cncnc1. The van der Waals surface area contributed by atoms with Gasteiger partial charge in [-0.05, 0) is 31.0 Å². The van der Waals surface area contributed by atoms with Crippen LogP contribution >= 0.6 is 0 Å². The zero-order chi connectivity index (χ0) is 12.8. The summed E-state index contributed by atoms with van der Waals surface area (Å²) in [6.45, 7) is 6.21. The molecule has 0 unspecified atom stereocenters. The van der Waals surface area contributed by atoms with Gasteiger partial charge in [-0.25, -0.2) is 9.97 Å². The summed E-state index contributed by atoms with van der Waals surface area (Å²) in [6, 6.07) is 6.53. The molecule has 0 bridgehead atoms. The molecule has 2 aromatic rings. The molecule has 0 aliphatic carbocycles. The number of hydrogen-bond donors (Lipinski definition) is 1. The smallest absolute Gasteiger partial charge is 0.115 e. The Bertz CT molecular complexity index is 494. The minimum Gasteiger partial charge on any atom is -0.313 e. The molecule has 0 fully saturated rings. The minimum atomic E-state index is 0.887. The first-order valence-corrected chi connectivity index (χ1v) is 6.37. The van der Waals surface area contributed by atoms with E-state index in [4.69, 9.17) is 0 Å². The zero-order valence-electron chi connectivity index (χ0n) is 11.0. The van der Waals surface area contributed by atoms with E-state index in [9.17, 15) is 0 Å². The minimum absolute atomic E-state index is 0.887. The molecule has 0 aliphatic rings. The molecule has 3 nitrogen and oxygen atoms in total. The molecule has 94 valence electrons. The van der Waals surface area contributed by atoms with Crippen LogP contribution in [0.1, 0.15) is 24.5 Å². The Morgan fingerprint density at radius 3 is 2.67 bits per heavy atom. The number of nitrogens with one attached hydrogen (secondary N) is 1. The second-order valence-electron chi connectivity index (χ2n) is 4.46. The van der Waals surface area contributed by atoms with Crippen LogP contribution in [0.2, 0.25) is 0 Å². The Morgan fingerprint density at radius 1 is 1.17 bits per heavy atom. The first kappa shape index (κ1) is 12.7. The van der Waals surface area contributed by atoms with Gasteiger partial charge in [0.15, 0.2) is 0 Å². The topological polar surface area (TPSA) is 37.8 Å². The highest BCUT2D eigenvalue weighted by molar-refractivity contribution is 5.66. The monoisotopic (exact) mass is 241 g/mol. The van der Waals surface area contributed by atoms with Crippen LogP contribution in [0.4, 0.5) is 0 Å². The van der Waals surface area contributed by atoms with Gasteiger partial charge in [-0.1, -0.05) is 30.7 Å². The molecule has 1 heterocycles. The van der Waals surface area contributed by atoms with E-state index in [2.05, 4.69) is 47.3 Å². The lowest BCUT2D eigenvalue weighted by Gasteiger charge is -2.11. The van der Waals surface area contributed by atoms with Crippen molar-refractivity contribution < 1.29 is 0 Å². The highest BCUT2D eigenvalue weighted by Gasteiger charge is 2.05.